The summed E-state index contributed by atoms with van der Waals surface area (Å²) in [5, 5.41) is 5.29. The lowest BCUT2D eigenvalue weighted by molar-refractivity contribution is 0.0674. The van der Waals surface area contributed by atoms with Crippen LogP contribution < -0.4 is 0 Å². The molecule has 1 unspecified atom stereocenters. The predicted octanol–water partition coefficient (Wildman–Crippen LogP) is 3.12. The van der Waals surface area contributed by atoms with E-state index in [0.29, 0.717) is 6.54 Å². The van der Waals surface area contributed by atoms with Crippen LogP contribution in [0, 0.1) is 0 Å². The molecule has 6 nitrogen and oxygen atoms in total. The third-order valence-corrected chi connectivity index (χ3v) is 4.98. The maximum Gasteiger partial charge on any atom is 0.256 e. The lowest BCUT2D eigenvalue weighted by Gasteiger charge is -2.32. The molecule has 3 heterocycles. The first-order valence-electron chi connectivity index (χ1n) is 8.99. The Balaban J connectivity index is 1.63. The monoisotopic (exact) mass is 337 g/mol. The van der Waals surface area contributed by atoms with E-state index in [0.717, 1.165) is 48.8 Å². The summed E-state index contributed by atoms with van der Waals surface area (Å²) in [6.45, 7) is 4.58. The van der Waals surface area contributed by atoms with Crippen LogP contribution in [-0.4, -0.2) is 43.2 Å². The van der Waals surface area contributed by atoms with Crippen molar-refractivity contribution >= 4 is 16.8 Å². The molecule has 1 saturated heterocycles. The van der Waals surface area contributed by atoms with Crippen LogP contribution >= 0.6 is 0 Å². The molecule has 130 valence electrons. The minimum atomic E-state index is 0.121. The number of piperidine rings is 1. The number of hydrogen-bond donors (Lipinski definition) is 0. The van der Waals surface area contributed by atoms with E-state index in [1.54, 1.807) is 12.7 Å². The molecule has 1 amide bonds. The number of hydrogen-bond acceptors (Lipinski definition) is 3. The van der Waals surface area contributed by atoms with Crippen molar-refractivity contribution in [1.29, 1.82) is 0 Å². The topological polar surface area (TPSA) is 56.0 Å². The number of amides is 1. The molecule has 0 bridgehead atoms. The van der Waals surface area contributed by atoms with E-state index in [9.17, 15) is 4.79 Å². The molecule has 25 heavy (non-hydrogen) atoms. The van der Waals surface area contributed by atoms with Crippen molar-refractivity contribution in [3.63, 3.8) is 0 Å². The third kappa shape index (κ3) is 2.92. The fourth-order valence-electron chi connectivity index (χ4n) is 3.77. The lowest BCUT2D eigenvalue weighted by Crippen LogP contribution is -2.40. The van der Waals surface area contributed by atoms with Gasteiger partial charge in [-0.1, -0.05) is 25.1 Å². The van der Waals surface area contributed by atoms with Gasteiger partial charge in [0.2, 0.25) is 0 Å². The van der Waals surface area contributed by atoms with Gasteiger partial charge in [0.05, 0.1) is 11.6 Å². The number of fused-ring (bicyclic) bond motifs is 1. The Kier molecular flexibility index (Phi) is 4.26. The highest BCUT2D eigenvalue weighted by atomic mass is 16.2. The number of carbonyl (C=O) groups is 1. The van der Waals surface area contributed by atoms with Crippen molar-refractivity contribution in [3.05, 3.63) is 48.7 Å². The van der Waals surface area contributed by atoms with Crippen LogP contribution in [0.25, 0.3) is 10.9 Å². The molecule has 1 fully saturated rings. The maximum atomic E-state index is 13.2. The van der Waals surface area contributed by atoms with Gasteiger partial charge in [-0.15, -0.1) is 0 Å². The molecule has 0 radical (unpaired) electrons. The normalized spacial score (nSPS) is 18.0. The summed E-state index contributed by atoms with van der Waals surface area (Å²) in [4.78, 5) is 19.2. The molecule has 1 aliphatic heterocycles. The molecule has 2 aromatic heterocycles. The van der Waals surface area contributed by atoms with Gasteiger partial charge in [0.15, 0.2) is 0 Å². The van der Waals surface area contributed by atoms with Crippen LogP contribution in [0.15, 0.2) is 43.1 Å². The largest absolute Gasteiger partial charge is 0.347 e. The number of carbonyl (C=O) groups excluding carboxylic acids is 1. The molecule has 1 aromatic carbocycles. The minimum absolute atomic E-state index is 0.121. The van der Waals surface area contributed by atoms with Gasteiger partial charge >= 0.3 is 0 Å². The highest BCUT2D eigenvalue weighted by Gasteiger charge is 2.27. The minimum Gasteiger partial charge on any atom is -0.347 e. The van der Waals surface area contributed by atoms with Crippen LogP contribution in [0.1, 0.15) is 42.6 Å². The summed E-state index contributed by atoms with van der Waals surface area (Å²) in [5.41, 5.74) is 1.95. The molecule has 1 aliphatic rings. The number of nitrogens with zero attached hydrogens (tertiary/aromatic N) is 5. The molecule has 0 saturated carbocycles. The number of benzene rings is 1. The molecular formula is C19H23N5O. The summed E-state index contributed by atoms with van der Waals surface area (Å²) >= 11 is 0. The molecule has 6 heteroatoms. The van der Waals surface area contributed by atoms with Crippen molar-refractivity contribution in [2.45, 2.75) is 38.8 Å². The standard InChI is InChI=1S/C19H23N5O/c1-2-9-22-12-17(16-7-3-4-8-18(16)22)19(25)23-10-5-6-15(11-23)24-14-20-13-21-24/h3-4,7-8,12-15H,2,5-6,9-11H2,1H3. The summed E-state index contributed by atoms with van der Waals surface area (Å²) in [6, 6.07) is 8.39. The summed E-state index contributed by atoms with van der Waals surface area (Å²) in [5.74, 6) is 0.121. The van der Waals surface area contributed by atoms with E-state index in [1.807, 2.05) is 34.0 Å². The lowest BCUT2D eigenvalue weighted by atomic mass is 10.0. The predicted molar refractivity (Wildman–Crippen MR) is 96.4 cm³/mol. The van der Waals surface area contributed by atoms with Gasteiger partial charge in [0.1, 0.15) is 12.7 Å². The first kappa shape index (κ1) is 15.9. The molecule has 0 aliphatic carbocycles. The second-order valence-electron chi connectivity index (χ2n) is 6.68. The smallest absolute Gasteiger partial charge is 0.256 e. The Morgan fingerprint density at radius 2 is 2.20 bits per heavy atom. The summed E-state index contributed by atoms with van der Waals surface area (Å²) in [7, 11) is 0. The molecule has 0 spiro atoms. The van der Waals surface area contributed by atoms with Crippen LogP contribution in [0.3, 0.4) is 0 Å². The average molecular weight is 337 g/mol. The molecular weight excluding hydrogens is 314 g/mol. The fraction of sp³-hybridized carbons (Fsp3) is 0.421. The van der Waals surface area contributed by atoms with Crippen LogP contribution in [0.2, 0.25) is 0 Å². The SMILES string of the molecule is CCCn1cc(C(=O)N2CCCC(n3cncn3)C2)c2ccccc21. The van der Waals surface area contributed by atoms with Crippen LogP contribution in [0.4, 0.5) is 0 Å². The summed E-state index contributed by atoms with van der Waals surface area (Å²) in [6.07, 6.45) is 8.39. The van der Waals surface area contributed by atoms with E-state index in [-0.39, 0.29) is 11.9 Å². The molecule has 3 aromatic rings. The van der Waals surface area contributed by atoms with Gasteiger partial charge in [-0.2, -0.15) is 5.10 Å². The maximum absolute atomic E-state index is 13.2. The Morgan fingerprint density at radius 3 is 3.00 bits per heavy atom. The first-order chi connectivity index (χ1) is 12.3. The van der Waals surface area contributed by atoms with Gasteiger partial charge in [-0.3, -0.25) is 4.79 Å². The average Bonchev–Trinajstić information content (AvgIpc) is 3.30. The summed E-state index contributed by atoms with van der Waals surface area (Å²) < 4.78 is 4.07. The highest BCUT2D eigenvalue weighted by Crippen LogP contribution is 2.26. The highest BCUT2D eigenvalue weighted by molar-refractivity contribution is 6.07. The number of para-hydroxylation sites is 1. The van der Waals surface area contributed by atoms with E-state index in [4.69, 9.17) is 0 Å². The van der Waals surface area contributed by atoms with Gasteiger partial charge < -0.3 is 9.47 Å². The zero-order chi connectivity index (χ0) is 17.2. The number of rotatable bonds is 4. The van der Waals surface area contributed by atoms with E-state index in [2.05, 4.69) is 27.6 Å². The van der Waals surface area contributed by atoms with Gasteiger partial charge in [0.25, 0.3) is 5.91 Å². The molecule has 4 rings (SSSR count). The zero-order valence-corrected chi connectivity index (χ0v) is 14.5. The van der Waals surface area contributed by atoms with Crippen LogP contribution in [0.5, 0.6) is 0 Å². The first-order valence-corrected chi connectivity index (χ1v) is 8.99. The van der Waals surface area contributed by atoms with Gasteiger partial charge in [-0.25, -0.2) is 9.67 Å². The van der Waals surface area contributed by atoms with Crippen molar-refractivity contribution < 1.29 is 4.79 Å². The second-order valence-corrected chi connectivity index (χ2v) is 6.68. The Hall–Kier alpha value is -2.63. The quantitative estimate of drug-likeness (QED) is 0.735. The Morgan fingerprint density at radius 1 is 1.32 bits per heavy atom. The second kappa shape index (κ2) is 6.70. The van der Waals surface area contributed by atoms with Crippen LogP contribution in [-0.2, 0) is 6.54 Å². The van der Waals surface area contributed by atoms with Gasteiger partial charge in [0, 0.05) is 36.7 Å². The molecule has 0 N–H and O–H groups in total. The number of likely N-dealkylation sites (tertiary alicyclic amines) is 1. The Bertz CT molecular complexity index is 867. The molecule has 1 atom stereocenters. The number of aromatic nitrogens is 4. The van der Waals surface area contributed by atoms with E-state index >= 15 is 0 Å². The zero-order valence-electron chi connectivity index (χ0n) is 14.5. The van der Waals surface area contributed by atoms with Gasteiger partial charge in [-0.05, 0) is 25.3 Å². The van der Waals surface area contributed by atoms with Crippen molar-refractivity contribution in [1.82, 2.24) is 24.2 Å². The number of aryl methyl sites for hydroxylation is 1. The van der Waals surface area contributed by atoms with Crippen molar-refractivity contribution in [2.75, 3.05) is 13.1 Å². The third-order valence-electron chi connectivity index (χ3n) is 4.98. The van der Waals surface area contributed by atoms with E-state index in [1.165, 1.54) is 0 Å². The fourth-order valence-corrected chi connectivity index (χ4v) is 3.77. The Labute approximate surface area is 147 Å². The van der Waals surface area contributed by atoms with E-state index < -0.39 is 0 Å². The van der Waals surface area contributed by atoms with Crippen molar-refractivity contribution in [2.24, 2.45) is 0 Å². The van der Waals surface area contributed by atoms with Crippen molar-refractivity contribution in [3.8, 4) is 0 Å².